The lowest BCUT2D eigenvalue weighted by molar-refractivity contribution is 0.747. The van der Waals surface area contributed by atoms with Crippen molar-refractivity contribution in [3.8, 4) is 0 Å². The lowest BCUT2D eigenvalue weighted by atomic mass is 10.5. The summed E-state index contributed by atoms with van der Waals surface area (Å²) in [5, 5.41) is 15.1. The summed E-state index contributed by atoms with van der Waals surface area (Å²) < 4.78 is 3.45. The van der Waals surface area contributed by atoms with Crippen molar-refractivity contribution in [2.24, 2.45) is 7.05 Å². The third-order valence-corrected chi connectivity index (χ3v) is 2.28. The van der Waals surface area contributed by atoms with Crippen LogP contribution in [0.25, 0.3) is 5.65 Å². The number of fused-ring (bicyclic) bond motifs is 1. The highest BCUT2D eigenvalue weighted by molar-refractivity contribution is 5.61. The van der Waals surface area contributed by atoms with Crippen molar-refractivity contribution in [3.63, 3.8) is 0 Å². The normalized spacial score (nSPS) is 10.9. The van der Waals surface area contributed by atoms with Crippen LogP contribution in [-0.2, 0) is 13.6 Å². The second-order valence-electron chi connectivity index (χ2n) is 3.53. The van der Waals surface area contributed by atoms with Gasteiger partial charge in [0.05, 0.1) is 6.54 Å². The van der Waals surface area contributed by atoms with Gasteiger partial charge in [-0.1, -0.05) is 0 Å². The van der Waals surface area contributed by atoms with Crippen molar-refractivity contribution >= 4 is 11.5 Å². The van der Waals surface area contributed by atoms with Crippen molar-refractivity contribution in [2.75, 3.05) is 5.32 Å². The average Bonchev–Trinajstić information content (AvgIpc) is 2.94. The molecule has 0 bridgehead atoms. The molecule has 8 heteroatoms. The van der Waals surface area contributed by atoms with Crippen molar-refractivity contribution in [3.05, 3.63) is 30.9 Å². The number of hydrogen-bond donors (Lipinski definition) is 1. The quantitative estimate of drug-likeness (QED) is 0.674. The van der Waals surface area contributed by atoms with Crippen LogP contribution < -0.4 is 5.32 Å². The Morgan fingerprint density at radius 3 is 3.06 bits per heavy atom. The van der Waals surface area contributed by atoms with Crippen LogP contribution in [-0.4, -0.2) is 34.3 Å². The fourth-order valence-corrected chi connectivity index (χ4v) is 1.51. The van der Waals surface area contributed by atoms with Gasteiger partial charge in [-0.3, -0.25) is 9.08 Å². The lowest BCUT2D eigenvalue weighted by Crippen LogP contribution is -2.05. The standard InChI is InChI=1S/C9H10N8/c1-16-5-12-7(15-16)4-11-8-9-14-13-6-17(9)3-2-10-8/h2-3,5-6H,4H2,1H3,(H,10,11). The van der Waals surface area contributed by atoms with E-state index < -0.39 is 0 Å². The molecule has 0 saturated carbocycles. The molecular formula is C9H10N8. The van der Waals surface area contributed by atoms with E-state index in [1.54, 1.807) is 34.1 Å². The molecule has 1 N–H and O–H groups in total. The van der Waals surface area contributed by atoms with E-state index in [1.807, 2.05) is 7.05 Å². The minimum absolute atomic E-state index is 0.500. The Morgan fingerprint density at radius 2 is 2.24 bits per heavy atom. The third kappa shape index (κ3) is 1.80. The van der Waals surface area contributed by atoms with Gasteiger partial charge in [-0.25, -0.2) is 9.97 Å². The lowest BCUT2D eigenvalue weighted by Gasteiger charge is -2.02. The van der Waals surface area contributed by atoms with Crippen LogP contribution in [0, 0.1) is 0 Å². The number of rotatable bonds is 3. The molecule has 17 heavy (non-hydrogen) atoms. The number of nitrogens with zero attached hydrogens (tertiary/aromatic N) is 7. The Labute approximate surface area is 96.3 Å². The van der Waals surface area contributed by atoms with E-state index in [-0.39, 0.29) is 0 Å². The van der Waals surface area contributed by atoms with Crippen molar-refractivity contribution in [1.29, 1.82) is 0 Å². The Hall–Kier alpha value is -2.51. The first-order chi connectivity index (χ1) is 8.33. The van der Waals surface area contributed by atoms with Crippen LogP contribution in [0.1, 0.15) is 5.82 Å². The maximum Gasteiger partial charge on any atom is 0.203 e. The fraction of sp³-hybridized carbons (Fsp3) is 0.222. The first-order valence-electron chi connectivity index (χ1n) is 5.05. The average molecular weight is 230 g/mol. The summed E-state index contributed by atoms with van der Waals surface area (Å²) in [6, 6.07) is 0. The highest BCUT2D eigenvalue weighted by Crippen LogP contribution is 2.10. The van der Waals surface area contributed by atoms with E-state index in [1.165, 1.54) is 0 Å². The molecule has 0 aromatic carbocycles. The molecule has 3 aromatic heterocycles. The van der Waals surface area contributed by atoms with Crippen LogP contribution in [0.4, 0.5) is 5.82 Å². The van der Waals surface area contributed by atoms with Crippen LogP contribution in [0.5, 0.6) is 0 Å². The van der Waals surface area contributed by atoms with Gasteiger partial charge in [0.25, 0.3) is 0 Å². The Kier molecular flexibility index (Phi) is 2.18. The van der Waals surface area contributed by atoms with Gasteiger partial charge < -0.3 is 5.32 Å². The van der Waals surface area contributed by atoms with Crippen molar-refractivity contribution in [1.82, 2.24) is 34.3 Å². The summed E-state index contributed by atoms with van der Waals surface area (Å²) in [6.45, 7) is 0.500. The van der Waals surface area contributed by atoms with Gasteiger partial charge in [-0.2, -0.15) is 5.10 Å². The zero-order valence-corrected chi connectivity index (χ0v) is 9.15. The number of aromatic nitrogens is 7. The maximum absolute atomic E-state index is 4.20. The Morgan fingerprint density at radius 1 is 1.29 bits per heavy atom. The zero-order chi connectivity index (χ0) is 11.7. The number of anilines is 1. The first-order valence-corrected chi connectivity index (χ1v) is 5.05. The van der Waals surface area contributed by atoms with Gasteiger partial charge in [0.15, 0.2) is 11.6 Å². The maximum atomic E-state index is 4.20. The molecule has 0 fully saturated rings. The molecule has 0 spiro atoms. The summed E-state index contributed by atoms with van der Waals surface area (Å²) >= 11 is 0. The van der Waals surface area contributed by atoms with Crippen LogP contribution in [0.3, 0.4) is 0 Å². The van der Waals surface area contributed by atoms with Gasteiger partial charge in [-0.05, 0) is 0 Å². The topological polar surface area (TPSA) is 85.8 Å². The molecular weight excluding hydrogens is 220 g/mol. The van der Waals surface area contributed by atoms with Crippen LogP contribution in [0.2, 0.25) is 0 Å². The van der Waals surface area contributed by atoms with Crippen LogP contribution >= 0.6 is 0 Å². The fourth-order valence-electron chi connectivity index (χ4n) is 1.51. The molecule has 86 valence electrons. The SMILES string of the molecule is Cn1cnc(CNc2nccn3cnnc23)n1. The summed E-state index contributed by atoms with van der Waals surface area (Å²) in [7, 11) is 1.83. The monoisotopic (exact) mass is 230 g/mol. The molecule has 0 atom stereocenters. The molecule has 3 aromatic rings. The smallest absolute Gasteiger partial charge is 0.203 e. The van der Waals surface area contributed by atoms with Gasteiger partial charge in [-0.15, -0.1) is 10.2 Å². The van der Waals surface area contributed by atoms with E-state index in [9.17, 15) is 0 Å². The van der Waals surface area contributed by atoms with E-state index in [2.05, 4.69) is 30.6 Å². The zero-order valence-electron chi connectivity index (χ0n) is 9.15. The third-order valence-electron chi connectivity index (χ3n) is 2.28. The highest BCUT2D eigenvalue weighted by Gasteiger charge is 2.05. The largest absolute Gasteiger partial charge is 0.360 e. The summed E-state index contributed by atoms with van der Waals surface area (Å²) in [5.41, 5.74) is 0.684. The second kappa shape index (κ2) is 3.81. The van der Waals surface area contributed by atoms with E-state index in [0.717, 1.165) is 0 Å². The molecule has 0 saturated heterocycles. The van der Waals surface area contributed by atoms with Crippen molar-refractivity contribution < 1.29 is 0 Å². The van der Waals surface area contributed by atoms with Crippen molar-refractivity contribution in [2.45, 2.75) is 6.54 Å². The molecule has 3 heterocycles. The molecule has 0 aliphatic carbocycles. The van der Waals surface area contributed by atoms with Gasteiger partial charge in [0.1, 0.15) is 12.7 Å². The number of hydrogen-bond acceptors (Lipinski definition) is 6. The van der Waals surface area contributed by atoms with Gasteiger partial charge in [0.2, 0.25) is 5.65 Å². The van der Waals surface area contributed by atoms with Gasteiger partial charge >= 0.3 is 0 Å². The Balaban J connectivity index is 1.83. The molecule has 8 nitrogen and oxygen atoms in total. The summed E-state index contributed by atoms with van der Waals surface area (Å²) in [5.74, 6) is 1.37. The molecule has 0 radical (unpaired) electrons. The molecule has 0 aliphatic rings. The molecule has 0 aliphatic heterocycles. The number of nitrogens with one attached hydrogen (secondary N) is 1. The van der Waals surface area contributed by atoms with Crippen LogP contribution in [0.15, 0.2) is 25.0 Å². The number of aryl methyl sites for hydroxylation is 1. The van der Waals surface area contributed by atoms with E-state index in [0.29, 0.717) is 23.8 Å². The molecule has 0 unspecified atom stereocenters. The molecule has 3 rings (SSSR count). The molecule has 0 amide bonds. The first kappa shape index (κ1) is 9.70. The second-order valence-corrected chi connectivity index (χ2v) is 3.53. The minimum atomic E-state index is 0.500. The Bertz CT molecular complexity index is 639. The van der Waals surface area contributed by atoms with Gasteiger partial charge in [0, 0.05) is 19.4 Å². The van der Waals surface area contributed by atoms with E-state index >= 15 is 0 Å². The highest BCUT2D eigenvalue weighted by atomic mass is 15.3. The predicted octanol–water partition coefficient (Wildman–Crippen LogP) is -0.135. The summed E-state index contributed by atoms with van der Waals surface area (Å²) in [6.07, 6.45) is 6.76. The summed E-state index contributed by atoms with van der Waals surface area (Å²) in [4.78, 5) is 8.32. The van der Waals surface area contributed by atoms with E-state index in [4.69, 9.17) is 0 Å². The predicted molar refractivity (Wildman–Crippen MR) is 59.1 cm³/mol. The minimum Gasteiger partial charge on any atom is -0.360 e.